The quantitative estimate of drug-likeness (QED) is 0.809. The molecule has 1 unspecified atom stereocenters. The predicted molar refractivity (Wildman–Crippen MR) is 85.1 cm³/mol. The minimum absolute atomic E-state index is 0.0274. The lowest BCUT2D eigenvalue weighted by Gasteiger charge is -2.10. The van der Waals surface area contributed by atoms with Gasteiger partial charge in [-0.25, -0.2) is 0 Å². The van der Waals surface area contributed by atoms with Crippen LogP contribution in [0, 0.1) is 11.3 Å². The van der Waals surface area contributed by atoms with Crippen LogP contribution >= 0.6 is 0 Å². The molecule has 118 valence electrons. The van der Waals surface area contributed by atoms with E-state index in [1.807, 2.05) is 36.4 Å². The van der Waals surface area contributed by atoms with Crippen LogP contribution in [0.15, 0.2) is 48.7 Å². The second-order valence-corrected chi connectivity index (χ2v) is 5.11. The summed E-state index contributed by atoms with van der Waals surface area (Å²) in [4.78, 5) is 14.7. The van der Waals surface area contributed by atoms with Gasteiger partial charge in [0.05, 0.1) is 30.7 Å². The number of ether oxygens (including phenoxy) is 1. The van der Waals surface area contributed by atoms with Crippen molar-refractivity contribution in [3.05, 3.63) is 59.9 Å². The van der Waals surface area contributed by atoms with Crippen molar-refractivity contribution in [2.75, 3.05) is 6.61 Å². The molecule has 5 heteroatoms. The highest BCUT2D eigenvalue weighted by molar-refractivity contribution is 5.66. The number of carboxylic acids is 1. The molecule has 0 fully saturated rings. The van der Waals surface area contributed by atoms with Gasteiger partial charge in [-0.3, -0.25) is 9.78 Å². The van der Waals surface area contributed by atoms with E-state index in [0.717, 1.165) is 17.7 Å². The topological polar surface area (TPSA) is 83.2 Å². The summed E-state index contributed by atoms with van der Waals surface area (Å²) in [5.74, 6) is -0.476. The van der Waals surface area contributed by atoms with Crippen LogP contribution in [0.1, 0.15) is 30.0 Å². The number of aryl methyl sites for hydroxylation is 1. The van der Waals surface area contributed by atoms with Crippen LogP contribution in [0.25, 0.3) is 0 Å². The van der Waals surface area contributed by atoms with Gasteiger partial charge in [0.25, 0.3) is 0 Å². The molecule has 0 aliphatic carbocycles. The number of nitrogens with zero attached hydrogens (tertiary/aromatic N) is 2. The molecule has 0 bridgehead atoms. The number of aliphatic carboxylic acids is 1. The number of aromatic nitrogens is 1. The third-order valence-corrected chi connectivity index (χ3v) is 3.41. The Morgan fingerprint density at radius 2 is 2.17 bits per heavy atom. The van der Waals surface area contributed by atoms with E-state index in [2.05, 4.69) is 11.1 Å². The van der Waals surface area contributed by atoms with Crippen LogP contribution in [-0.2, 0) is 11.2 Å². The largest absolute Gasteiger partial charge is 0.493 e. The Morgan fingerprint density at radius 3 is 2.87 bits per heavy atom. The summed E-state index contributed by atoms with van der Waals surface area (Å²) in [6, 6.07) is 15.4. The molecule has 23 heavy (non-hydrogen) atoms. The maximum absolute atomic E-state index is 10.5. The maximum Gasteiger partial charge on any atom is 0.306 e. The summed E-state index contributed by atoms with van der Waals surface area (Å²) >= 11 is 0. The van der Waals surface area contributed by atoms with Crippen LogP contribution in [0.4, 0.5) is 0 Å². The number of carbonyl (C=O) groups is 1. The summed E-state index contributed by atoms with van der Waals surface area (Å²) in [5.41, 5.74) is 1.83. The van der Waals surface area contributed by atoms with Crippen molar-refractivity contribution < 1.29 is 14.6 Å². The molecule has 1 N–H and O–H groups in total. The van der Waals surface area contributed by atoms with Gasteiger partial charge in [-0.15, -0.1) is 0 Å². The van der Waals surface area contributed by atoms with Crippen molar-refractivity contribution >= 4 is 5.97 Å². The molecule has 1 aromatic carbocycles. The number of rotatable bonds is 8. The molecule has 0 saturated carbocycles. The molecule has 5 nitrogen and oxygen atoms in total. The van der Waals surface area contributed by atoms with Crippen molar-refractivity contribution in [2.45, 2.75) is 25.2 Å². The van der Waals surface area contributed by atoms with Crippen LogP contribution in [-0.4, -0.2) is 22.7 Å². The maximum atomic E-state index is 10.5. The lowest BCUT2D eigenvalue weighted by atomic mass is 9.97. The highest BCUT2D eigenvalue weighted by atomic mass is 16.5. The zero-order valence-corrected chi connectivity index (χ0v) is 12.7. The Morgan fingerprint density at radius 1 is 1.30 bits per heavy atom. The monoisotopic (exact) mass is 310 g/mol. The predicted octanol–water partition coefficient (Wildman–Crippen LogP) is 3.18. The molecule has 0 aliphatic heterocycles. The first-order chi connectivity index (χ1) is 11.2. The van der Waals surface area contributed by atoms with Crippen molar-refractivity contribution in [3.8, 4) is 11.8 Å². The number of hydrogen-bond acceptors (Lipinski definition) is 4. The fraction of sp³-hybridized carbons (Fsp3) is 0.278. The highest BCUT2D eigenvalue weighted by Gasteiger charge is 2.11. The molecule has 0 saturated heterocycles. The summed E-state index contributed by atoms with van der Waals surface area (Å²) in [5, 5.41) is 17.9. The normalized spacial score (nSPS) is 11.4. The lowest BCUT2D eigenvalue weighted by molar-refractivity contribution is -0.137. The lowest BCUT2D eigenvalue weighted by Crippen LogP contribution is -2.05. The van der Waals surface area contributed by atoms with Crippen LogP contribution in [0.2, 0.25) is 0 Å². The molecule has 0 radical (unpaired) electrons. The smallest absolute Gasteiger partial charge is 0.306 e. The average Bonchev–Trinajstić information content (AvgIpc) is 2.56. The minimum Gasteiger partial charge on any atom is -0.493 e. The molecule has 2 aromatic rings. The first kappa shape index (κ1) is 16.5. The first-order valence-corrected chi connectivity index (χ1v) is 7.43. The van der Waals surface area contributed by atoms with Gasteiger partial charge in [0, 0.05) is 6.20 Å². The zero-order chi connectivity index (χ0) is 16.5. The number of nitriles is 1. The van der Waals surface area contributed by atoms with Crippen molar-refractivity contribution in [1.29, 1.82) is 5.26 Å². The van der Waals surface area contributed by atoms with E-state index in [9.17, 15) is 10.1 Å². The minimum atomic E-state index is -0.881. The van der Waals surface area contributed by atoms with E-state index < -0.39 is 5.97 Å². The molecule has 1 atom stereocenters. The Kier molecular flexibility index (Phi) is 6.13. The first-order valence-electron chi connectivity index (χ1n) is 7.43. The Balaban J connectivity index is 1.92. The van der Waals surface area contributed by atoms with E-state index >= 15 is 0 Å². The number of benzene rings is 1. The summed E-state index contributed by atoms with van der Waals surface area (Å²) in [7, 11) is 0. The molecule has 0 spiro atoms. The van der Waals surface area contributed by atoms with Crippen LogP contribution in [0.5, 0.6) is 5.75 Å². The Labute approximate surface area is 135 Å². The number of carboxylic acid groups (broad SMARTS) is 1. The van der Waals surface area contributed by atoms with Gasteiger partial charge in [-0.1, -0.05) is 18.2 Å². The van der Waals surface area contributed by atoms with Crippen LogP contribution in [0.3, 0.4) is 0 Å². The average molecular weight is 310 g/mol. The SMILES string of the molecule is N#CC(CCc1cccc(OCCC(=O)O)c1)c1ccccn1. The number of hydrogen-bond donors (Lipinski definition) is 1. The van der Waals surface area contributed by atoms with E-state index in [1.165, 1.54) is 0 Å². The van der Waals surface area contributed by atoms with E-state index in [4.69, 9.17) is 9.84 Å². The van der Waals surface area contributed by atoms with E-state index in [1.54, 1.807) is 12.3 Å². The van der Waals surface area contributed by atoms with Crippen molar-refractivity contribution in [1.82, 2.24) is 4.98 Å². The second-order valence-electron chi connectivity index (χ2n) is 5.11. The molecular weight excluding hydrogens is 292 g/mol. The van der Waals surface area contributed by atoms with Gasteiger partial charge < -0.3 is 9.84 Å². The molecule has 2 rings (SSSR count). The van der Waals surface area contributed by atoms with Crippen molar-refractivity contribution in [3.63, 3.8) is 0 Å². The summed E-state index contributed by atoms with van der Waals surface area (Å²) in [6.07, 6.45) is 3.06. The molecule has 0 amide bonds. The molecule has 1 heterocycles. The van der Waals surface area contributed by atoms with Gasteiger partial charge in [0.15, 0.2) is 0 Å². The third kappa shape index (κ3) is 5.44. The van der Waals surface area contributed by atoms with Gasteiger partial charge >= 0.3 is 5.97 Å². The van der Waals surface area contributed by atoms with Gasteiger partial charge in [-0.05, 0) is 42.7 Å². The highest BCUT2D eigenvalue weighted by Crippen LogP contribution is 2.21. The summed E-state index contributed by atoms with van der Waals surface area (Å²) in [6.45, 7) is 0.146. The molecule has 1 aromatic heterocycles. The second kappa shape index (κ2) is 8.54. The molecule has 0 aliphatic rings. The third-order valence-electron chi connectivity index (χ3n) is 3.41. The fourth-order valence-electron chi connectivity index (χ4n) is 2.22. The summed E-state index contributed by atoms with van der Waals surface area (Å²) < 4.78 is 5.42. The Hall–Kier alpha value is -2.87. The number of pyridine rings is 1. The standard InChI is InChI=1S/C18H18N2O3/c19-13-15(17-6-1-2-10-20-17)8-7-14-4-3-5-16(12-14)23-11-9-18(21)22/h1-6,10,12,15H,7-9,11H2,(H,21,22). The Bertz CT molecular complexity index is 680. The van der Waals surface area contributed by atoms with E-state index in [-0.39, 0.29) is 18.9 Å². The molecular formula is C18H18N2O3. The van der Waals surface area contributed by atoms with E-state index in [0.29, 0.717) is 12.2 Å². The van der Waals surface area contributed by atoms with Gasteiger partial charge in [0.1, 0.15) is 5.75 Å². The van der Waals surface area contributed by atoms with Gasteiger partial charge in [-0.2, -0.15) is 5.26 Å². The zero-order valence-electron chi connectivity index (χ0n) is 12.7. The van der Waals surface area contributed by atoms with Gasteiger partial charge in [0.2, 0.25) is 0 Å². The van der Waals surface area contributed by atoms with Crippen molar-refractivity contribution in [2.24, 2.45) is 0 Å². The van der Waals surface area contributed by atoms with Crippen LogP contribution < -0.4 is 4.74 Å². The fourth-order valence-corrected chi connectivity index (χ4v) is 2.22.